The van der Waals surface area contributed by atoms with Gasteiger partial charge in [-0.15, -0.1) is 0 Å². The first kappa shape index (κ1) is 12.9. The Morgan fingerprint density at radius 3 is 2.83 bits per heavy atom. The highest BCUT2D eigenvalue weighted by Crippen LogP contribution is 2.29. The highest BCUT2D eigenvalue weighted by molar-refractivity contribution is 9.10. The number of nitrogen functional groups attached to an aromatic ring is 1. The van der Waals surface area contributed by atoms with Crippen molar-refractivity contribution in [2.24, 2.45) is 0 Å². The molecule has 96 valence electrons. The van der Waals surface area contributed by atoms with Gasteiger partial charge >= 0.3 is 0 Å². The number of nitrogens with zero attached hydrogens (tertiary/aromatic N) is 1. The standard InChI is InChI=1S/C12H14BrN3O2/c1-2-9-12(18)15-11(17)6-16(9)10-4-3-7(13)5-8(10)14/h3-5,9H,2,6,14H2,1H3,(H,15,17,18). The van der Waals surface area contributed by atoms with Gasteiger partial charge < -0.3 is 10.6 Å². The molecular formula is C12H14BrN3O2. The molecule has 0 aliphatic carbocycles. The van der Waals surface area contributed by atoms with Gasteiger partial charge in [-0.2, -0.15) is 0 Å². The number of nitrogens with two attached hydrogens (primary N) is 1. The van der Waals surface area contributed by atoms with Gasteiger partial charge in [0.05, 0.1) is 17.9 Å². The zero-order valence-electron chi connectivity index (χ0n) is 9.94. The predicted molar refractivity (Wildman–Crippen MR) is 73.1 cm³/mol. The van der Waals surface area contributed by atoms with Crippen LogP contribution in [0.1, 0.15) is 13.3 Å². The number of carbonyl (C=O) groups is 2. The zero-order chi connectivity index (χ0) is 13.3. The Labute approximate surface area is 113 Å². The minimum absolute atomic E-state index is 0.149. The van der Waals surface area contributed by atoms with Crippen LogP contribution in [0.15, 0.2) is 22.7 Å². The number of imide groups is 1. The molecule has 1 heterocycles. The summed E-state index contributed by atoms with van der Waals surface area (Å²) in [6.07, 6.45) is 0.620. The third kappa shape index (κ3) is 2.33. The normalized spacial score (nSPS) is 19.9. The summed E-state index contributed by atoms with van der Waals surface area (Å²) in [4.78, 5) is 25.0. The van der Waals surface area contributed by atoms with Crippen molar-refractivity contribution < 1.29 is 9.59 Å². The van der Waals surface area contributed by atoms with E-state index in [0.29, 0.717) is 17.8 Å². The molecule has 1 aliphatic rings. The third-order valence-electron chi connectivity index (χ3n) is 2.94. The second-order valence-corrected chi connectivity index (χ2v) is 5.08. The van der Waals surface area contributed by atoms with Crippen LogP contribution in [0.5, 0.6) is 0 Å². The molecule has 1 aromatic rings. The summed E-state index contributed by atoms with van der Waals surface area (Å²) in [7, 11) is 0. The van der Waals surface area contributed by atoms with Gasteiger partial charge in [0, 0.05) is 4.47 Å². The van der Waals surface area contributed by atoms with E-state index in [4.69, 9.17) is 5.73 Å². The Bertz CT molecular complexity index is 504. The summed E-state index contributed by atoms with van der Waals surface area (Å²) in [5.74, 6) is -0.567. The molecule has 1 saturated heterocycles. The lowest BCUT2D eigenvalue weighted by Gasteiger charge is -2.35. The molecule has 3 N–H and O–H groups in total. The van der Waals surface area contributed by atoms with Crippen molar-refractivity contribution in [1.29, 1.82) is 0 Å². The summed E-state index contributed by atoms with van der Waals surface area (Å²) in [6, 6.07) is 5.06. The minimum Gasteiger partial charge on any atom is -0.397 e. The van der Waals surface area contributed by atoms with E-state index < -0.39 is 0 Å². The van der Waals surface area contributed by atoms with Crippen molar-refractivity contribution in [3.63, 3.8) is 0 Å². The Kier molecular flexibility index (Phi) is 3.56. The van der Waals surface area contributed by atoms with Gasteiger partial charge in [0.1, 0.15) is 6.04 Å². The van der Waals surface area contributed by atoms with Gasteiger partial charge in [-0.3, -0.25) is 14.9 Å². The molecule has 2 amide bonds. The quantitative estimate of drug-likeness (QED) is 0.637. The van der Waals surface area contributed by atoms with Crippen LogP contribution in [0.4, 0.5) is 11.4 Å². The van der Waals surface area contributed by atoms with Crippen LogP contribution in [-0.2, 0) is 9.59 Å². The highest BCUT2D eigenvalue weighted by Gasteiger charge is 2.33. The molecular weight excluding hydrogens is 298 g/mol. The fourth-order valence-corrected chi connectivity index (χ4v) is 2.49. The fourth-order valence-electron chi connectivity index (χ4n) is 2.11. The lowest BCUT2D eigenvalue weighted by Crippen LogP contribution is -2.58. The Hall–Kier alpha value is -1.56. The maximum atomic E-state index is 11.8. The lowest BCUT2D eigenvalue weighted by atomic mass is 10.1. The molecule has 5 nitrogen and oxygen atoms in total. The van der Waals surface area contributed by atoms with E-state index in [1.807, 2.05) is 19.1 Å². The van der Waals surface area contributed by atoms with Crippen LogP contribution in [0, 0.1) is 0 Å². The van der Waals surface area contributed by atoms with E-state index in [2.05, 4.69) is 21.2 Å². The van der Waals surface area contributed by atoms with Crippen molar-refractivity contribution in [1.82, 2.24) is 5.32 Å². The number of nitrogens with one attached hydrogen (secondary N) is 1. The molecule has 0 spiro atoms. The number of benzene rings is 1. The number of hydrogen-bond acceptors (Lipinski definition) is 4. The van der Waals surface area contributed by atoms with Gasteiger partial charge in [-0.1, -0.05) is 22.9 Å². The largest absolute Gasteiger partial charge is 0.397 e. The van der Waals surface area contributed by atoms with E-state index in [1.165, 1.54) is 0 Å². The molecule has 0 saturated carbocycles. The van der Waals surface area contributed by atoms with Crippen molar-refractivity contribution in [3.05, 3.63) is 22.7 Å². The first-order valence-electron chi connectivity index (χ1n) is 5.68. The van der Waals surface area contributed by atoms with Gasteiger partial charge in [0.25, 0.3) is 0 Å². The van der Waals surface area contributed by atoms with Gasteiger partial charge in [-0.25, -0.2) is 0 Å². The van der Waals surface area contributed by atoms with Crippen molar-refractivity contribution in [2.75, 3.05) is 17.2 Å². The van der Waals surface area contributed by atoms with Gasteiger partial charge in [0.15, 0.2) is 0 Å². The number of anilines is 2. The van der Waals surface area contributed by atoms with Crippen LogP contribution >= 0.6 is 15.9 Å². The fraction of sp³-hybridized carbons (Fsp3) is 0.333. The summed E-state index contributed by atoms with van der Waals surface area (Å²) in [5.41, 5.74) is 7.21. The van der Waals surface area contributed by atoms with Gasteiger partial charge in [-0.05, 0) is 24.6 Å². The Morgan fingerprint density at radius 1 is 1.50 bits per heavy atom. The Balaban J connectivity index is 2.39. The monoisotopic (exact) mass is 311 g/mol. The average molecular weight is 312 g/mol. The molecule has 6 heteroatoms. The number of rotatable bonds is 2. The molecule has 0 radical (unpaired) electrons. The van der Waals surface area contributed by atoms with Crippen LogP contribution < -0.4 is 16.0 Å². The molecule has 18 heavy (non-hydrogen) atoms. The third-order valence-corrected chi connectivity index (χ3v) is 3.43. The number of carbonyl (C=O) groups excluding carboxylic acids is 2. The maximum Gasteiger partial charge on any atom is 0.249 e. The number of amides is 2. The molecule has 0 aromatic heterocycles. The van der Waals surface area contributed by atoms with Gasteiger partial charge in [0.2, 0.25) is 11.8 Å². The minimum atomic E-state index is -0.355. The molecule has 1 aromatic carbocycles. The topological polar surface area (TPSA) is 75.4 Å². The second kappa shape index (κ2) is 4.97. The van der Waals surface area contributed by atoms with E-state index in [-0.39, 0.29) is 24.4 Å². The predicted octanol–water partition coefficient (Wildman–Crippen LogP) is 1.27. The first-order valence-corrected chi connectivity index (χ1v) is 6.47. The SMILES string of the molecule is CCC1C(=O)NC(=O)CN1c1ccc(Br)cc1N. The smallest absolute Gasteiger partial charge is 0.249 e. The number of piperazine rings is 1. The highest BCUT2D eigenvalue weighted by atomic mass is 79.9. The zero-order valence-corrected chi connectivity index (χ0v) is 11.5. The van der Waals surface area contributed by atoms with Crippen LogP contribution in [0.3, 0.4) is 0 Å². The number of halogens is 1. The molecule has 1 unspecified atom stereocenters. The average Bonchev–Trinajstić information content (AvgIpc) is 2.28. The molecule has 2 rings (SSSR count). The Morgan fingerprint density at radius 2 is 2.22 bits per heavy atom. The summed E-state index contributed by atoms with van der Waals surface area (Å²) in [5, 5.41) is 2.34. The molecule has 1 aliphatic heterocycles. The van der Waals surface area contributed by atoms with E-state index in [1.54, 1.807) is 11.0 Å². The van der Waals surface area contributed by atoms with Crippen molar-refractivity contribution in [2.45, 2.75) is 19.4 Å². The van der Waals surface area contributed by atoms with Crippen LogP contribution in [-0.4, -0.2) is 24.4 Å². The lowest BCUT2D eigenvalue weighted by molar-refractivity contribution is -0.132. The first-order chi connectivity index (χ1) is 8.52. The van der Waals surface area contributed by atoms with Crippen molar-refractivity contribution in [3.8, 4) is 0 Å². The maximum absolute atomic E-state index is 11.8. The van der Waals surface area contributed by atoms with Crippen molar-refractivity contribution >= 4 is 39.1 Å². The van der Waals surface area contributed by atoms with E-state index >= 15 is 0 Å². The molecule has 1 fully saturated rings. The van der Waals surface area contributed by atoms with Crippen LogP contribution in [0.25, 0.3) is 0 Å². The van der Waals surface area contributed by atoms with E-state index in [9.17, 15) is 9.59 Å². The molecule has 1 atom stereocenters. The van der Waals surface area contributed by atoms with Crippen LogP contribution in [0.2, 0.25) is 0 Å². The second-order valence-electron chi connectivity index (χ2n) is 4.17. The summed E-state index contributed by atoms with van der Waals surface area (Å²) >= 11 is 3.33. The molecule has 0 bridgehead atoms. The summed E-state index contributed by atoms with van der Waals surface area (Å²) < 4.78 is 0.865. The van der Waals surface area contributed by atoms with E-state index in [0.717, 1.165) is 4.47 Å². The number of hydrogen-bond donors (Lipinski definition) is 2. The summed E-state index contributed by atoms with van der Waals surface area (Å²) in [6.45, 7) is 2.05.